The lowest BCUT2D eigenvalue weighted by atomic mass is 10.2. The summed E-state index contributed by atoms with van der Waals surface area (Å²) in [7, 11) is 0. The largest absolute Gasteiger partial charge is 0.383 e. The van der Waals surface area contributed by atoms with E-state index in [0.717, 1.165) is 24.0 Å². The fraction of sp³-hybridized carbons (Fsp3) is 0.455. The molecule has 1 unspecified atom stereocenters. The van der Waals surface area contributed by atoms with Crippen LogP contribution in [0, 0.1) is 5.92 Å². The van der Waals surface area contributed by atoms with Crippen LogP contribution in [0.2, 0.25) is 0 Å². The number of anilines is 1. The molecule has 2 rings (SSSR count). The molecule has 0 aliphatic carbocycles. The first-order valence-electron chi connectivity index (χ1n) is 5.28. The Hall–Kier alpha value is -1.10. The van der Waals surface area contributed by atoms with E-state index in [-0.39, 0.29) is 5.91 Å². The van der Waals surface area contributed by atoms with Crippen molar-refractivity contribution in [2.24, 2.45) is 5.92 Å². The van der Waals surface area contributed by atoms with Crippen LogP contribution in [0.4, 0.5) is 5.82 Å². The highest BCUT2D eigenvalue weighted by Crippen LogP contribution is 2.21. The lowest BCUT2D eigenvalue weighted by molar-refractivity contribution is 0.0788. The highest BCUT2D eigenvalue weighted by molar-refractivity contribution is 9.10. The van der Waals surface area contributed by atoms with Gasteiger partial charge in [0.15, 0.2) is 0 Å². The second kappa shape index (κ2) is 4.41. The fourth-order valence-corrected chi connectivity index (χ4v) is 2.24. The second-order valence-corrected chi connectivity index (χ2v) is 5.15. The maximum Gasteiger partial charge on any atom is 0.257 e. The lowest BCUT2D eigenvalue weighted by Gasteiger charge is -2.16. The molecule has 0 spiro atoms. The molecule has 1 aliphatic rings. The Morgan fingerprint density at radius 3 is 3.06 bits per heavy atom. The van der Waals surface area contributed by atoms with Gasteiger partial charge >= 0.3 is 0 Å². The molecule has 86 valence electrons. The van der Waals surface area contributed by atoms with E-state index < -0.39 is 0 Å². The Morgan fingerprint density at radius 1 is 1.69 bits per heavy atom. The predicted octanol–water partition coefficient (Wildman–Crippen LogP) is 1.91. The molecule has 1 atom stereocenters. The summed E-state index contributed by atoms with van der Waals surface area (Å²) in [6.45, 7) is 3.77. The summed E-state index contributed by atoms with van der Waals surface area (Å²) in [5.74, 6) is 0.855. The van der Waals surface area contributed by atoms with Crippen LogP contribution in [0.25, 0.3) is 0 Å². The van der Waals surface area contributed by atoms with Gasteiger partial charge in [-0.25, -0.2) is 4.98 Å². The number of nitrogens with two attached hydrogens (primary N) is 1. The van der Waals surface area contributed by atoms with Gasteiger partial charge in [-0.15, -0.1) is 0 Å². The number of carbonyl (C=O) groups excluding carboxylic acids is 1. The van der Waals surface area contributed by atoms with E-state index in [1.54, 1.807) is 12.3 Å². The molecule has 2 N–H and O–H groups in total. The molecule has 1 fully saturated rings. The van der Waals surface area contributed by atoms with Crippen LogP contribution in [-0.4, -0.2) is 28.9 Å². The monoisotopic (exact) mass is 283 g/mol. The Balaban J connectivity index is 2.23. The van der Waals surface area contributed by atoms with Crippen molar-refractivity contribution >= 4 is 27.7 Å². The molecule has 0 saturated carbocycles. The minimum absolute atomic E-state index is 0.0179. The zero-order valence-corrected chi connectivity index (χ0v) is 10.7. The number of hydrogen-bond donors (Lipinski definition) is 1. The van der Waals surface area contributed by atoms with Crippen LogP contribution in [0.15, 0.2) is 16.7 Å². The van der Waals surface area contributed by atoms with Gasteiger partial charge in [-0.1, -0.05) is 6.92 Å². The van der Waals surface area contributed by atoms with Crippen LogP contribution in [0.3, 0.4) is 0 Å². The van der Waals surface area contributed by atoms with Gasteiger partial charge in [0.25, 0.3) is 5.91 Å². The summed E-state index contributed by atoms with van der Waals surface area (Å²) in [5.41, 5.74) is 6.20. The van der Waals surface area contributed by atoms with Crippen LogP contribution >= 0.6 is 15.9 Å². The third-order valence-corrected chi connectivity index (χ3v) is 3.26. The lowest BCUT2D eigenvalue weighted by Crippen LogP contribution is -2.29. The average Bonchev–Trinajstić information content (AvgIpc) is 2.67. The van der Waals surface area contributed by atoms with Gasteiger partial charge < -0.3 is 10.6 Å². The Morgan fingerprint density at radius 2 is 2.44 bits per heavy atom. The van der Waals surface area contributed by atoms with Gasteiger partial charge in [0.05, 0.1) is 5.56 Å². The number of hydrogen-bond acceptors (Lipinski definition) is 3. The average molecular weight is 284 g/mol. The number of pyridine rings is 1. The summed E-state index contributed by atoms with van der Waals surface area (Å²) in [4.78, 5) is 18.0. The van der Waals surface area contributed by atoms with Gasteiger partial charge in [-0.05, 0) is 34.3 Å². The van der Waals surface area contributed by atoms with Gasteiger partial charge in [-0.3, -0.25) is 4.79 Å². The van der Waals surface area contributed by atoms with Crippen molar-refractivity contribution in [3.63, 3.8) is 0 Å². The van der Waals surface area contributed by atoms with Crippen molar-refractivity contribution in [1.82, 2.24) is 9.88 Å². The van der Waals surface area contributed by atoms with Gasteiger partial charge in [0.1, 0.15) is 5.82 Å². The molecule has 0 aromatic carbocycles. The van der Waals surface area contributed by atoms with Gasteiger partial charge in [0, 0.05) is 23.8 Å². The number of nitrogen functional groups attached to an aromatic ring is 1. The van der Waals surface area contributed by atoms with Crippen LogP contribution in [0.1, 0.15) is 23.7 Å². The van der Waals surface area contributed by atoms with E-state index in [1.165, 1.54) is 0 Å². The fourth-order valence-electron chi connectivity index (χ4n) is 1.91. The molecule has 5 heteroatoms. The Kier molecular flexibility index (Phi) is 3.14. The predicted molar refractivity (Wildman–Crippen MR) is 66.0 cm³/mol. The smallest absolute Gasteiger partial charge is 0.257 e. The Bertz CT molecular complexity index is 422. The first-order chi connectivity index (χ1) is 7.58. The van der Waals surface area contributed by atoms with Crippen molar-refractivity contribution in [2.75, 3.05) is 18.8 Å². The summed E-state index contributed by atoms with van der Waals surface area (Å²) >= 11 is 3.30. The molecule has 1 aromatic heterocycles. The topological polar surface area (TPSA) is 59.2 Å². The molecule has 1 saturated heterocycles. The zero-order chi connectivity index (χ0) is 11.7. The molecule has 1 aliphatic heterocycles. The van der Waals surface area contributed by atoms with Crippen LogP contribution < -0.4 is 5.73 Å². The quantitative estimate of drug-likeness (QED) is 0.857. The van der Waals surface area contributed by atoms with E-state index in [1.807, 2.05) is 4.90 Å². The van der Waals surface area contributed by atoms with Crippen molar-refractivity contribution in [3.05, 3.63) is 22.3 Å². The maximum absolute atomic E-state index is 12.2. The Labute approximate surface area is 103 Å². The summed E-state index contributed by atoms with van der Waals surface area (Å²) in [5, 5.41) is 0. The number of halogens is 1. The SMILES string of the molecule is CC1CCN(C(=O)c2cc(Br)cnc2N)C1. The molecular formula is C11H14BrN3O. The van der Waals surface area contributed by atoms with Gasteiger partial charge in [-0.2, -0.15) is 0 Å². The highest BCUT2D eigenvalue weighted by atomic mass is 79.9. The zero-order valence-electron chi connectivity index (χ0n) is 9.11. The van der Waals surface area contributed by atoms with Crippen molar-refractivity contribution < 1.29 is 4.79 Å². The number of likely N-dealkylation sites (tertiary alicyclic amines) is 1. The molecule has 0 radical (unpaired) electrons. The maximum atomic E-state index is 12.2. The van der Waals surface area contributed by atoms with E-state index in [4.69, 9.17) is 5.73 Å². The minimum Gasteiger partial charge on any atom is -0.383 e. The third-order valence-electron chi connectivity index (χ3n) is 2.83. The molecule has 2 heterocycles. The first-order valence-corrected chi connectivity index (χ1v) is 6.07. The normalized spacial score (nSPS) is 20.1. The molecule has 4 nitrogen and oxygen atoms in total. The van der Waals surface area contributed by atoms with E-state index in [2.05, 4.69) is 27.8 Å². The molecule has 1 aromatic rings. The van der Waals surface area contributed by atoms with Crippen molar-refractivity contribution in [2.45, 2.75) is 13.3 Å². The molecule has 0 bridgehead atoms. The van der Waals surface area contributed by atoms with Crippen LogP contribution in [0.5, 0.6) is 0 Å². The van der Waals surface area contributed by atoms with E-state index in [9.17, 15) is 4.79 Å². The molecular weight excluding hydrogens is 270 g/mol. The molecule has 16 heavy (non-hydrogen) atoms. The minimum atomic E-state index is -0.0179. The first kappa shape index (κ1) is 11.4. The van der Waals surface area contributed by atoms with E-state index in [0.29, 0.717) is 17.3 Å². The van der Waals surface area contributed by atoms with Gasteiger partial charge in [0.2, 0.25) is 0 Å². The molecule has 1 amide bonds. The van der Waals surface area contributed by atoms with Crippen LogP contribution in [-0.2, 0) is 0 Å². The number of nitrogens with zero attached hydrogens (tertiary/aromatic N) is 2. The number of rotatable bonds is 1. The number of carbonyl (C=O) groups is 1. The summed E-state index contributed by atoms with van der Waals surface area (Å²) in [6.07, 6.45) is 2.66. The number of amides is 1. The highest BCUT2D eigenvalue weighted by Gasteiger charge is 2.25. The summed E-state index contributed by atoms with van der Waals surface area (Å²) < 4.78 is 0.775. The van der Waals surface area contributed by atoms with Crippen molar-refractivity contribution in [1.29, 1.82) is 0 Å². The number of aromatic nitrogens is 1. The summed E-state index contributed by atoms with van der Waals surface area (Å²) in [6, 6.07) is 1.73. The van der Waals surface area contributed by atoms with E-state index >= 15 is 0 Å². The third kappa shape index (κ3) is 2.19. The second-order valence-electron chi connectivity index (χ2n) is 4.23. The van der Waals surface area contributed by atoms with Crippen molar-refractivity contribution in [3.8, 4) is 0 Å². The standard InChI is InChI=1S/C11H14BrN3O/c1-7-2-3-15(6-7)11(16)9-4-8(12)5-14-10(9)13/h4-5,7H,2-3,6H2,1H3,(H2,13,14).